The summed E-state index contributed by atoms with van der Waals surface area (Å²) >= 11 is 5.95. The fraction of sp³-hybridized carbons (Fsp3) is 0.167. The Balaban J connectivity index is 1.84. The first-order chi connectivity index (χ1) is 12.0. The van der Waals surface area contributed by atoms with Crippen LogP contribution >= 0.6 is 11.6 Å². The van der Waals surface area contributed by atoms with Crippen LogP contribution in [0.15, 0.2) is 48.5 Å². The Kier molecular flexibility index (Phi) is 6.54. The molecule has 2 rings (SSSR count). The van der Waals surface area contributed by atoms with Gasteiger partial charge in [-0.2, -0.15) is 0 Å². The van der Waals surface area contributed by atoms with Gasteiger partial charge in [0.25, 0.3) is 11.8 Å². The third kappa shape index (κ3) is 5.06. The van der Waals surface area contributed by atoms with Crippen LogP contribution in [0.2, 0.25) is 5.02 Å². The first-order valence-electron chi connectivity index (χ1n) is 7.52. The van der Waals surface area contributed by atoms with Crippen LogP contribution in [-0.2, 0) is 4.74 Å². The van der Waals surface area contributed by atoms with Gasteiger partial charge in [0.2, 0.25) is 0 Å². The Labute approximate surface area is 150 Å². The van der Waals surface area contributed by atoms with Gasteiger partial charge in [-0.1, -0.05) is 29.8 Å². The molecular formula is C18H17ClN2O4. The topological polar surface area (TPSA) is 84.5 Å². The van der Waals surface area contributed by atoms with Gasteiger partial charge in [-0.3, -0.25) is 9.59 Å². The second-order valence-corrected chi connectivity index (χ2v) is 5.47. The van der Waals surface area contributed by atoms with Crippen molar-refractivity contribution in [2.75, 3.05) is 20.2 Å². The number of hydrogen-bond acceptors (Lipinski definition) is 4. The lowest BCUT2D eigenvalue weighted by molar-refractivity contribution is 0.0600. The van der Waals surface area contributed by atoms with E-state index in [4.69, 9.17) is 11.6 Å². The summed E-state index contributed by atoms with van der Waals surface area (Å²) < 4.78 is 4.62. The van der Waals surface area contributed by atoms with Crippen LogP contribution in [0.4, 0.5) is 0 Å². The predicted octanol–water partition coefficient (Wildman–Crippen LogP) is 2.29. The van der Waals surface area contributed by atoms with Gasteiger partial charge >= 0.3 is 5.97 Å². The average Bonchev–Trinajstić information content (AvgIpc) is 2.64. The zero-order valence-electron chi connectivity index (χ0n) is 13.5. The van der Waals surface area contributed by atoms with Crippen LogP contribution in [0.25, 0.3) is 0 Å². The molecule has 0 saturated heterocycles. The van der Waals surface area contributed by atoms with Crippen molar-refractivity contribution in [1.29, 1.82) is 0 Å². The zero-order valence-corrected chi connectivity index (χ0v) is 14.3. The molecule has 0 aliphatic carbocycles. The van der Waals surface area contributed by atoms with Crippen molar-refractivity contribution in [2.24, 2.45) is 0 Å². The van der Waals surface area contributed by atoms with E-state index in [0.717, 1.165) is 0 Å². The molecule has 0 bridgehead atoms. The van der Waals surface area contributed by atoms with Crippen molar-refractivity contribution in [1.82, 2.24) is 10.6 Å². The number of carbonyl (C=O) groups is 3. The molecule has 0 radical (unpaired) electrons. The Morgan fingerprint density at radius 3 is 2.24 bits per heavy atom. The molecule has 0 spiro atoms. The number of amides is 2. The second kappa shape index (κ2) is 8.84. The van der Waals surface area contributed by atoms with E-state index in [1.54, 1.807) is 42.5 Å². The zero-order chi connectivity index (χ0) is 18.2. The van der Waals surface area contributed by atoms with E-state index in [9.17, 15) is 14.4 Å². The quantitative estimate of drug-likeness (QED) is 0.611. The molecular weight excluding hydrogens is 344 g/mol. The highest BCUT2D eigenvalue weighted by atomic mass is 35.5. The lowest BCUT2D eigenvalue weighted by Crippen LogP contribution is -2.34. The molecule has 7 heteroatoms. The van der Waals surface area contributed by atoms with Crippen LogP contribution in [-0.4, -0.2) is 38.0 Å². The molecule has 0 aromatic heterocycles. The van der Waals surface area contributed by atoms with Crippen molar-refractivity contribution in [3.05, 3.63) is 70.2 Å². The van der Waals surface area contributed by atoms with E-state index < -0.39 is 5.97 Å². The van der Waals surface area contributed by atoms with Gasteiger partial charge in [0.05, 0.1) is 23.3 Å². The molecule has 2 aromatic carbocycles. The Bertz CT molecular complexity index is 792. The third-order valence-electron chi connectivity index (χ3n) is 3.36. The number of hydrogen-bond donors (Lipinski definition) is 2. The molecule has 130 valence electrons. The van der Waals surface area contributed by atoms with Crippen LogP contribution in [0.5, 0.6) is 0 Å². The SMILES string of the molecule is COC(=O)c1cccc(C(=O)NCCNC(=O)c2ccccc2Cl)c1. The van der Waals surface area contributed by atoms with Gasteiger partial charge in [0, 0.05) is 18.7 Å². The standard InChI is InChI=1S/C18H17ClN2O4/c1-25-18(24)13-6-4-5-12(11-13)16(22)20-9-10-21-17(23)14-7-2-3-8-15(14)19/h2-8,11H,9-10H2,1H3,(H,20,22)(H,21,23). The van der Waals surface area contributed by atoms with Gasteiger partial charge in [0.1, 0.15) is 0 Å². The van der Waals surface area contributed by atoms with Crippen molar-refractivity contribution in [2.45, 2.75) is 0 Å². The van der Waals surface area contributed by atoms with Gasteiger partial charge < -0.3 is 15.4 Å². The van der Waals surface area contributed by atoms with Crippen LogP contribution in [0.3, 0.4) is 0 Å². The van der Waals surface area contributed by atoms with Crippen molar-refractivity contribution in [3.63, 3.8) is 0 Å². The van der Waals surface area contributed by atoms with Crippen molar-refractivity contribution >= 4 is 29.4 Å². The van der Waals surface area contributed by atoms with Crippen molar-refractivity contribution < 1.29 is 19.1 Å². The number of carbonyl (C=O) groups excluding carboxylic acids is 3. The fourth-order valence-corrected chi connectivity index (χ4v) is 2.32. The Morgan fingerprint density at radius 2 is 1.56 bits per heavy atom. The lowest BCUT2D eigenvalue weighted by atomic mass is 10.1. The smallest absolute Gasteiger partial charge is 0.337 e. The largest absolute Gasteiger partial charge is 0.465 e. The third-order valence-corrected chi connectivity index (χ3v) is 3.69. The minimum Gasteiger partial charge on any atom is -0.465 e. The van der Waals surface area contributed by atoms with E-state index in [0.29, 0.717) is 21.7 Å². The summed E-state index contributed by atoms with van der Waals surface area (Å²) in [4.78, 5) is 35.5. The Hall–Kier alpha value is -2.86. The molecule has 2 aromatic rings. The number of methoxy groups -OCH3 is 1. The number of nitrogens with one attached hydrogen (secondary N) is 2. The number of halogens is 1. The molecule has 0 saturated carbocycles. The molecule has 2 amide bonds. The molecule has 2 N–H and O–H groups in total. The number of rotatable bonds is 6. The normalized spacial score (nSPS) is 10.0. The number of benzene rings is 2. The molecule has 0 fully saturated rings. The van der Waals surface area contributed by atoms with E-state index in [-0.39, 0.29) is 24.9 Å². The second-order valence-electron chi connectivity index (χ2n) is 5.06. The summed E-state index contributed by atoms with van der Waals surface area (Å²) in [6.07, 6.45) is 0. The molecule has 0 atom stereocenters. The molecule has 0 aliphatic heterocycles. The maximum atomic E-state index is 12.1. The molecule has 0 unspecified atom stereocenters. The number of esters is 1. The van der Waals surface area contributed by atoms with Crippen molar-refractivity contribution in [3.8, 4) is 0 Å². The molecule has 0 aliphatic rings. The lowest BCUT2D eigenvalue weighted by Gasteiger charge is -2.08. The monoisotopic (exact) mass is 360 g/mol. The van der Waals surface area contributed by atoms with Crippen LogP contribution in [0, 0.1) is 0 Å². The van der Waals surface area contributed by atoms with Crippen LogP contribution in [0.1, 0.15) is 31.1 Å². The van der Waals surface area contributed by atoms with E-state index in [1.165, 1.54) is 13.2 Å². The summed E-state index contributed by atoms with van der Waals surface area (Å²) in [5, 5.41) is 5.70. The minimum atomic E-state index is -0.512. The van der Waals surface area contributed by atoms with Crippen LogP contribution < -0.4 is 10.6 Å². The molecule has 0 heterocycles. The Morgan fingerprint density at radius 1 is 0.920 bits per heavy atom. The van der Waals surface area contributed by atoms with E-state index in [1.807, 2.05) is 0 Å². The highest BCUT2D eigenvalue weighted by molar-refractivity contribution is 6.33. The summed E-state index contributed by atoms with van der Waals surface area (Å²) in [7, 11) is 1.27. The maximum absolute atomic E-state index is 12.1. The highest BCUT2D eigenvalue weighted by Crippen LogP contribution is 2.14. The van der Waals surface area contributed by atoms with Gasteiger partial charge in [-0.05, 0) is 30.3 Å². The van der Waals surface area contributed by atoms with Gasteiger partial charge in [0.15, 0.2) is 0 Å². The predicted molar refractivity (Wildman–Crippen MR) is 93.9 cm³/mol. The van der Waals surface area contributed by atoms with Gasteiger partial charge in [-0.15, -0.1) is 0 Å². The summed E-state index contributed by atoms with van der Waals surface area (Å²) in [5.41, 5.74) is 1.00. The summed E-state index contributed by atoms with van der Waals surface area (Å²) in [6.45, 7) is 0.476. The molecule has 6 nitrogen and oxygen atoms in total. The fourth-order valence-electron chi connectivity index (χ4n) is 2.10. The maximum Gasteiger partial charge on any atom is 0.337 e. The first kappa shape index (κ1) is 18.5. The average molecular weight is 361 g/mol. The first-order valence-corrected chi connectivity index (χ1v) is 7.90. The van der Waals surface area contributed by atoms with Gasteiger partial charge in [-0.25, -0.2) is 4.79 Å². The van der Waals surface area contributed by atoms with E-state index >= 15 is 0 Å². The summed E-state index contributed by atoms with van der Waals surface area (Å²) in [5.74, 6) is -1.17. The summed E-state index contributed by atoms with van der Waals surface area (Å²) in [6, 6.07) is 12.9. The minimum absolute atomic E-state index is 0.234. The number of ether oxygens (including phenoxy) is 1. The van der Waals surface area contributed by atoms with E-state index in [2.05, 4.69) is 15.4 Å². The molecule has 25 heavy (non-hydrogen) atoms. The highest BCUT2D eigenvalue weighted by Gasteiger charge is 2.11.